The first-order valence-electron chi connectivity index (χ1n) is 7.67. The molecular weight excluding hydrogens is 278 g/mol. The summed E-state index contributed by atoms with van der Waals surface area (Å²) in [5.41, 5.74) is 2.22. The van der Waals surface area contributed by atoms with Crippen LogP contribution >= 0.6 is 0 Å². The molecule has 0 saturated carbocycles. The largest absolute Gasteiger partial charge is 0.356 e. The van der Waals surface area contributed by atoms with Gasteiger partial charge in [-0.3, -0.25) is 9.59 Å². The van der Waals surface area contributed by atoms with Gasteiger partial charge in [0.15, 0.2) is 0 Å². The smallest absolute Gasteiger partial charge is 0.234 e. The third-order valence-corrected chi connectivity index (χ3v) is 4.04. The normalized spacial score (nSPS) is 15.6. The predicted molar refractivity (Wildman–Crippen MR) is 88.0 cm³/mol. The second kappa shape index (κ2) is 6.48. The van der Waals surface area contributed by atoms with E-state index in [-0.39, 0.29) is 11.8 Å². The Morgan fingerprint density at radius 1 is 1.32 bits per heavy atom. The Hall–Kier alpha value is -1.88. The molecule has 0 aliphatic carbocycles. The van der Waals surface area contributed by atoms with Crippen molar-refractivity contribution in [3.63, 3.8) is 0 Å². The van der Waals surface area contributed by atoms with Gasteiger partial charge < -0.3 is 15.5 Å². The lowest BCUT2D eigenvalue weighted by Crippen LogP contribution is -2.28. The summed E-state index contributed by atoms with van der Waals surface area (Å²) in [6.45, 7) is 5.45. The van der Waals surface area contributed by atoms with Gasteiger partial charge in [-0.25, -0.2) is 0 Å². The van der Waals surface area contributed by atoms with E-state index in [1.165, 1.54) is 0 Å². The third-order valence-electron chi connectivity index (χ3n) is 4.04. The predicted octanol–water partition coefficient (Wildman–Crippen LogP) is 1.53. The standard InChI is InChI=1S/C17H25N3O2/c1-17(2)13-10-12(6-7-14(13)19-16(17)22)11-15(21)18-8-5-9-20(3)4/h6-7,10H,5,8-9,11H2,1-4H3,(H,18,21)(H,19,22). The first-order chi connectivity index (χ1) is 10.3. The molecule has 2 amide bonds. The van der Waals surface area contributed by atoms with Gasteiger partial charge in [0.25, 0.3) is 0 Å². The van der Waals surface area contributed by atoms with Crippen molar-refractivity contribution in [1.29, 1.82) is 0 Å². The van der Waals surface area contributed by atoms with Crippen molar-refractivity contribution in [2.75, 3.05) is 32.5 Å². The van der Waals surface area contributed by atoms with Crippen molar-refractivity contribution in [3.8, 4) is 0 Å². The van der Waals surface area contributed by atoms with E-state index < -0.39 is 5.41 Å². The lowest BCUT2D eigenvalue weighted by molar-refractivity contribution is -0.120. The SMILES string of the molecule is CN(C)CCCNC(=O)Cc1ccc2c(c1)C(C)(C)C(=O)N2. The lowest BCUT2D eigenvalue weighted by atomic mass is 9.85. The molecule has 0 atom stereocenters. The van der Waals surface area contributed by atoms with Crippen molar-refractivity contribution in [3.05, 3.63) is 29.3 Å². The number of nitrogens with zero attached hydrogens (tertiary/aromatic N) is 1. The average Bonchev–Trinajstić information content (AvgIpc) is 2.66. The molecule has 5 nitrogen and oxygen atoms in total. The number of nitrogens with one attached hydrogen (secondary N) is 2. The summed E-state index contributed by atoms with van der Waals surface area (Å²) >= 11 is 0. The number of fused-ring (bicyclic) bond motifs is 1. The summed E-state index contributed by atoms with van der Waals surface area (Å²) in [7, 11) is 4.03. The summed E-state index contributed by atoms with van der Waals surface area (Å²) in [5, 5.41) is 5.81. The van der Waals surface area contributed by atoms with E-state index in [2.05, 4.69) is 15.5 Å². The zero-order chi connectivity index (χ0) is 16.3. The second-order valence-corrected chi connectivity index (χ2v) is 6.64. The Labute approximate surface area is 132 Å². The Balaban J connectivity index is 1.93. The van der Waals surface area contributed by atoms with Crippen LogP contribution in [0.1, 0.15) is 31.4 Å². The molecule has 120 valence electrons. The zero-order valence-electron chi connectivity index (χ0n) is 13.8. The molecule has 5 heteroatoms. The van der Waals surface area contributed by atoms with E-state index in [0.717, 1.165) is 29.8 Å². The number of hydrogen-bond donors (Lipinski definition) is 2. The van der Waals surface area contributed by atoms with E-state index in [1.807, 2.05) is 46.1 Å². The number of hydrogen-bond acceptors (Lipinski definition) is 3. The van der Waals surface area contributed by atoms with Crippen molar-refractivity contribution in [2.45, 2.75) is 32.1 Å². The van der Waals surface area contributed by atoms with Crippen LogP contribution in [0.15, 0.2) is 18.2 Å². The van der Waals surface area contributed by atoms with Gasteiger partial charge in [0.05, 0.1) is 11.8 Å². The Morgan fingerprint density at radius 3 is 2.73 bits per heavy atom. The number of carbonyl (C=O) groups is 2. The minimum absolute atomic E-state index is 0.00721. The number of benzene rings is 1. The molecule has 0 saturated heterocycles. The molecular formula is C17H25N3O2. The van der Waals surface area contributed by atoms with Gasteiger partial charge in [-0.2, -0.15) is 0 Å². The van der Waals surface area contributed by atoms with Crippen LogP contribution in [0.5, 0.6) is 0 Å². The van der Waals surface area contributed by atoms with E-state index in [9.17, 15) is 9.59 Å². The van der Waals surface area contributed by atoms with E-state index >= 15 is 0 Å². The number of anilines is 1. The molecule has 0 bridgehead atoms. The fourth-order valence-corrected chi connectivity index (χ4v) is 2.60. The number of carbonyl (C=O) groups excluding carboxylic acids is 2. The monoisotopic (exact) mass is 303 g/mol. The van der Waals surface area contributed by atoms with Gasteiger partial charge in [-0.15, -0.1) is 0 Å². The minimum Gasteiger partial charge on any atom is -0.356 e. The molecule has 1 aromatic rings. The first kappa shape index (κ1) is 16.5. The van der Waals surface area contributed by atoms with Crippen LogP contribution in [0.25, 0.3) is 0 Å². The highest BCUT2D eigenvalue weighted by atomic mass is 16.2. The maximum Gasteiger partial charge on any atom is 0.234 e. The second-order valence-electron chi connectivity index (χ2n) is 6.64. The molecule has 2 N–H and O–H groups in total. The Bertz CT molecular complexity index is 579. The molecule has 1 heterocycles. The maximum absolute atomic E-state index is 12.0. The van der Waals surface area contributed by atoms with Gasteiger partial charge in [-0.05, 0) is 58.1 Å². The molecule has 2 rings (SSSR count). The van der Waals surface area contributed by atoms with Gasteiger partial charge >= 0.3 is 0 Å². The molecule has 22 heavy (non-hydrogen) atoms. The quantitative estimate of drug-likeness (QED) is 0.784. The Kier molecular flexibility index (Phi) is 4.86. The Morgan fingerprint density at radius 2 is 2.05 bits per heavy atom. The van der Waals surface area contributed by atoms with Crippen LogP contribution < -0.4 is 10.6 Å². The van der Waals surface area contributed by atoms with Crippen molar-refractivity contribution < 1.29 is 9.59 Å². The fourth-order valence-electron chi connectivity index (χ4n) is 2.60. The molecule has 1 aromatic carbocycles. The summed E-state index contributed by atoms with van der Waals surface area (Å²) in [6.07, 6.45) is 1.29. The highest BCUT2D eigenvalue weighted by Crippen LogP contribution is 2.37. The highest BCUT2D eigenvalue weighted by Gasteiger charge is 2.38. The minimum atomic E-state index is -0.534. The van der Waals surface area contributed by atoms with Gasteiger partial charge in [-0.1, -0.05) is 12.1 Å². The molecule has 0 radical (unpaired) electrons. The maximum atomic E-state index is 12.0. The molecule has 0 fully saturated rings. The molecule has 1 aliphatic rings. The van der Waals surface area contributed by atoms with Crippen LogP contribution in [0.2, 0.25) is 0 Å². The summed E-state index contributed by atoms with van der Waals surface area (Å²) < 4.78 is 0. The summed E-state index contributed by atoms with van der Waals surface area (Å²) in [6, 6.07) is 5.75. The topological polar surface area (TPSA) is 61.4 Å². The highest BCUT2D eigenvalue weighted by molar-refractivity contribution is 6.05. The fraction of sp³-hybridized carbons (Fsp3) is 0.529. The van der Waals surface area contributed by atoms with Crippen LogP contribution in [-0.4, -0.2) is 43.9 Å². The van der Waals surface area contributed by atoms with Gasteiger partial charge in [0, 0.05) is 12.2 Å². The van der Waals surface area contributed by atoms with E-state index in [4.69, 9.17) is 0 Å². The van der Waals surface area contributed by atoms with Crippen LogP contribution in [0.3, 0.4) is 0 Å². The summed E-state index contributed by atoms with van der Waals surface area (Å²) in [4.78, 5) is 26.0. The van der Waals surface area contributed by atoms with E-state index in [1.54, 1.807) is 0 Å². The zero-order valence-corrected chi connectivity index (χ0v) is 13.8. The lowest BCUT2D eigenvalue weighted by Gasteiger charge is -2.16. The van der Waals surface area contributed by atoms with Gasteiger partial charge in [0.1, 0.15) is 0 Å². The molecule has 0 unspecified atom stereocenters. The van der Waals surface area contributed by atoms with Crippen molar-refractivity contribution >= 4 is 17.5 Å². The molecule has 0 aromatic heterocycles. The molecule has 0 spiro atoms. The van der Waals surface area contributed by atoms with Crippen molar-refractivity contribution in [2.24, 2.45) is 0 Å². The van der Waals surface area contributed by atoms with Gasteiger partial charge in [0.2, 0.25) is 11.8 Å². The van der Waals surface area contributed by atoms with E-state index in [0.29, 0.717) is 13.0 Å². The van der Waals surface area contributed by atoms with Crippen LogP contribution in [-0.2, 0) is 21.4 Å². The first-order valence-corrected chi connectivity index (χ1v) is 7.67. The third kappa shape index (κ3) is 3.65. The summed E-state index contributed by atoms with van der Waals surface area (Å²) in [5.74, 6) is 0.0292. The number of rotatable bonds is 6. The van der Waals surface area contributed by atoms with Crippen molar-refractivity contribution in [1.82, 2.24) is 10.2 Å². The van der Waals surface area contributed by atoms with Crippen LogP contribution in [0, 0.1) is 0 Å². The number of amides is 2. The molecule has 1 aliphatic heterocycles. The average molecular weight is 303 g/mol. The van der Waals surface area contributed by atoms with Crippen LogP contribution in [0.4, 0.5) is 5.69 Å².